The summed E-state index contributed by atoms with van der Waals surface area (Å²) in [7, 11) is 0. The Labute approximate surface area is 112 Å². The third kappa shape index (κ3) is 2.09. The van der Waals surface area contributed by atoms with Crippen LogP contribution in [0, 0.1) is 0 Å². The SMILES string of the molecule is CCCC(N1CCCC1=O)n1nnc2ccccc21. The Morgan fingerprint density at radius 2 is 2.21 bits per heavy atom. The highest BCUT2D eigenvalue weighted by atomic mass is 16.2. The third-order valence-electron chi connectivity index (χ3n) is 3.68. The summed E-state index contributed by atoms with van der Waals surface area (Å²) in [5.74, 6) is 0.234. The molecule has 0 radical (unpaired) electrons. The van der Waals surface area contributed by atoms with Gasteiger partial charge in [-0.1, -0.05) is 30.7 Å². The van der Waals surface area contributed by atoms with Gasteiger partial charge in [0.05, 0.1) is 5.52 Å². The minimum Gasteiger partial charge on any atom is -0.320 e. The lowest BCUT2D eigenvalue weighted by Crippen LogP contribution is -2.34. The molecule has 1 aliphatic heterocycles. The number of nitrogens with zero attached hydrogens (tertiary/aromatic N) is 4. The molecule has 1 aliphatic rings. The van der Waals surface area contributed by atoms with Crippen molar-refractivity contribution in [2.24, 2.45) is 0 Å². The van der Waals surface area contributed by atoms with E-state index in [0.717, 1.165) is 36.8 Å². The zero-order valence-electron chi connectivity index (χ0n) is 11.1. The summed E-state index contributed by atoms with van der Waals surface area (Å²) in [6.45, 7) is 2.96. The maximum Gasteiger partial charge on any atom is 0.224 e. The Balaban J connectivity index is 2.01. The summed E-state index contributed by atoms with van der Waals surface area (Å²) < 4.78 is 1.90. The molecule has 100 valence electrons. The van der Waals surface area contributed by atoms with Crippen LogP contribution < -0.4 is 0 Å². The summed E-state index contributed by atoms with van der Waals surface area (Å²) in [4.78, 5) is 13.9. The first-order valence-corrected chi connectivity index (χ1v) is 6.90. The molecule has 0 spiro atoms. The van der Waals surface area contributed by atoms with Crippen molar-refractivity contribution in [3.8, 4) is 0 Å². The van der Waals surface area contributed by atoms with Crippen molar-refractivity contribution >= 4 is 16.9 Å². The molecule has 0 saturated carbocycles. The van der Waals surface area contributed by atoms with E-state index in [2.05, 4.69) is 17.2 Å². The number of para-hydroxylation sites is 1. The maximum atomic E-state index is 12.0. The van der Waals surface area contributed by atoms with Crippen molar-refractivity contribution in [1.82, 2.24) is 19.9 Å². The first-order valence-electron chi connectivity index (χ1n) is 6.90. The molecular formula is C14H18N4O. The topological polar surface area (TPSA) is 51.0 Å². The number of benzene rings is 1. The molecular weight excluding hydrogens is 240 g/mol. The van der Waals surface area contributed by atoms with Crippen LogP contribution in [0.3, 0.4) is 0 Å². The molecule has 1 unspecified atom stereocenters. The second-order valence-corrected chi connectivity index (χ2v) is 4.98. The molecule has 1 aromatic heterocycles. The van der Waals surface area contributed by atoms with E-state index in [9.17, 15) is 4.79 Å². The monoisotopic (exact) mass is 258 g/mol. The first kappa shape index (κ1) is 12.1. The Kier molecular flexibility index (Phi) is 3.19. The van der Waals surface area contributed by atoms with E-state index in [1.807, 2.05) is 33.8 Å². The van der Waals surface area contributed by atoms with Crippen molar-refractivity contribution in [1.29, 1.82) is 0 Å². The van der Waals surface area contributed by atoms with E-state index in [0.29, 0.717) is 6.42 Å². The van der Waals surface area contributed by atoms with Gasteiger partial charge in [0.1, 0.15) is 11.7 Å². The molecule has 5 heteroatoms. The number of carbonyl (C=O) groups excluding carboxylic acids is 1. The highest BCUT2D eigenvalue weighted by molar-refractivity contribution is 5.79. The van der Waals surface area contributed by atoms with Crippen LogP contribution in [0.15, 0.2) is 24.3 Å². The Morgan fingerprint density at radius 3 is 2.95 bits per heavy atom. The van der Waals surface area contributed by atoms with Crippen LogP contribution in [-0.4, -0.2) is 32.3 Å². The largest absolute Gasteiger partial charge is 0.320 e. The molecule has 1 amide bonds. The minimum absolute atomic E-state index is 0.00685. The fourth-order valence-corrected chi connectivity index (χ4v) is 2.76. The highest BCUT2D eigenvalue weighted by Gasteiger charge is 2.29. The molecule has 1 saturated heterocycles. The molecule has 0 bridgehead atoms. The Morgan fingerprint density at radius 1 is 1.37 bits per heavy atom. The normalized spacial score (nSPS) is 17.3. The van der Waals surface area contributed by atoms with Crippen LogP contribution in [0.4, 0.5) is 0 Å². The van der Waals surface area contributed by atoms with E-state index >= 15 is 0 Å². The highest BCUT2D eigenvalue weighted by Crippen LogP contribution is 2.27. The van der Waals surface area contributed by atoms with E-state index in [1.165, 1.54) is 0 Å². The van der Waals surface area contributed by atoms with Gasteiger partial charge in [0.25, 0.3) is 0 Å². The van der Waals surface area contributed by atoms with Crippen LogP contribution in [0.1, 0.15) is 38.8 Å². The molecule has 1 aromatic carbocycles. The minimum atomic E-state index is 0.00685. The van der Waals surface area contributed by atoms with Gasteiger partial charge in [0, 0.05) is 13.0 Å². The first-order chi connectivity index (χ1) is 9.31. The predicted octanol–water partition coefficient (Wildman–Crippen LogP) is 2.35. The van der Waals surface area contributed by atoms with Gasteiger partial charge in [-0.2, -0.15) is 0 Å². The quantitative estimate of drug-likeness (QED) is 0.846. The summed E-state index contributed by atoms with van der Waals surface area (Å²) in [5.41, 5.74) is 1.89. The number of carbonyl (C=O) groups is 1. The Bertz CT molecular complexity index is 592. The average Bonchev–Trinajstić information content (AvgIpc) is 3.03. The van der Waals surface area contributed by atoms with Crippen LogP contribution in [-0.2, 0) is 4.79 Å². The van der Waals surface area contributed by atoms with Crippen LogP contribution in [0.2, 0.25) is 0 Å². The van der Waals surface area contributed by atoms with Gasteiger partial charge in [-0.15, -0.1) is 5.10 Å². The number of amides is 1. The summed E-state index contributed by atoms with van der Waals surface area (Å²) in [6.07, 6.45) is 3.55. The van der Waals surface area contributed by atoms with E-state index < -0.39 is 0 Å². The average molecular weight is 258 g/mol. The molecule has 5 nitrogen and oxygen atoms in total. The number of rotatable bonds is 4. The zero-order valence-corrected chi connectivity index (χ0v) is 11.1. The zero-order chi connectivity index (χ0) is 13.2. The summed E-state index contributed by atoms with van der Waals surface area (Å²) >= 11 is 0. The number of aromatic nitrogens is 3. The van der Waals surface area contributed by atoms with Gasteiger partial charge in [-0.05, 0) is 25.0 Å². The third-order valence-corrected chi connectivity index (χ3v) is 3.68. The maximum absolute atomic E-state index is 12.0. The Hall–Kier alpha value is -1.91. The molecule has 0 aliphatic carbocycles. The standard InChI is InChI=1S/C14H18N4O/c1-2-6-13(17-10-5-9-14(17)19)18-12-8-4-3-7-11(12)15-16-18/h3-4,7-8,13H,2,5-6,9-10H2,1H3. The second-order valence-electron chi connectivity index (χ2n) is 4.98. The summed E-state index contributed by atoms with van der Waals surface area (Å²) in [5, 5.41) is 8.46. The van der Waals surface area contributed by atoms with Gasteiger partial charge in [0.15, 0.2) is 0 Å². The number of fused-ring (bicyclic) bond motifs is 1. The number of hydrogen-bond acceptors (Lipinski definition) is 3. The molecule has 2 heterocycles. The fraction of sp³-hybridized carbons (Fsp3) is 0.500. The molecule has 1 atom stereocenters. The molecule has 3 rings (SSSR count). The molecule has 1 fully saturated rings. The number of likely N-dealkylation sites (tertiary alicyclic amines) is 1. The van der Waals surface area contributed by atoms with Gasteiger partial charge in [-0.3, -0.25) is 4.79 Å². The number of hydrogen-bond donors (Lipinski definition) is 0. The van der Waals surface area contributed by atoms with Crippen molar-refractivity contribution in [3.05, 3.63) is 24.3 Å². The van der Waals surface area contributed by atoms with Crippen molar-refractivity contribution in [2.75, 3.05) is 6.54 Å². The van der Waals surface area contributed by atoms with E-state index in [1.54, 1.807) is 0 Å². The smallest absolute Gasteiger partial charge is 0.224 e. The summed E-state index contributed by atoms with van der Waals surface area (Å²) in [6, 6.07) is 7.90. The van der Waals surface area contributed by atoms with E-state index in [4.69, 9.17) is 0 Å². The second kappa shape index (κ2) is 4.99. The molecule has 19 heavy (non-hydrogen) atoms. The lowest BCUT2D eigenvalue weighted by molar-refractivity contribution is -0.131. The molecule has 0 N–H and O–H groups in total. The van der Waals surface area contributed by atoms with Crippen LogP contribution >= 0.6 is 0 Å². The van der Waals surface area contributed by atoms with Crippen LogP contribution in [0.5, 0.6) is 0 Å². The van der Waals surface area contributed by atoms with Gasteiger partial charge >= 0.3 is 0 Å². The van der Waals surface area contributed by atoms with Gasteiger partial charge in [0.2, 0.25) is 5.91 Å². The van der Waals surface area contributed by atoms with Gasteiger partial charge in [-0.25, -0.2) is 4.68 Å². The van der Waals surface area contributed by atoms with Crippen LogP contribution in [0.25, 0.3) is 11.0 Å². The van der Waals surface area contributed by atoms with Gasteiger partial charge < -0.3 is 4.90 Å². The lowest BCUT2D eigenvalue weighted by atomic mass is 10.2. The van der Waals surface area contributed by atoms with Crippen molar-refractivity contribution in [2.45, 2.75) is 38.8 Å². The predicted molar refractivity (Wildman–Crippen MR) is 72.4 cm³/mol. The lowest BCUT2D eigenvalue weighted by Gasteiger charge is -2.27. The fourth-order valence-electron chi connectivity index (χ4n) is 2.76. The molecule has 2 aromatic rings. The van der Waals surface area contributed by atoms with E-state index in [-0.39, 0.29) is 12.1 Å². The van der Waals surface area contributed by atoms with Crippen molar-refractivity contribution in [3.63, 3.8) is 0 Å². The van der Waals surface area contributed by atoms with Crippen molar-refractivity contribution < 1.29 is 4.79 Å².